The lowest BCUT2D eigenvalue weighted by Crippen LogP contribution is -2.29. The molecule has 0 spiro atoms. The van der Waals surface area contributed by atoms with Gasteiger partial charge in [-0.2, -0.15) is 4.72 Å². The van der Waals surface area contributed by atoms with Gasteiger partial charge in [-0.15, -0.1) is 0 Å². The molecule has 26 heavy (non-hydrogen) atoms. The van der Waals surface area contributed by atoms with Gasteiger partial charge in [-0.25, -0.2) is 12.8 Å². The fourth-order valence-electron chi connectivity index (χ4n) is 2.83. The van der Waals surface area contributed by atoms with Crippen LogP contribution in [0.2, 0.25) is 0 Å². The molecule has 1 atom stereocenters. The number of nitrogens with one attached hydrogen (secondary N) is 1. The van der Waals surface area contributed by atoms with E-state index in [4.69, 9.17) is 0 Å². The summed E-state index contributed by atoms with van der Waals surface area (Å²) in [4.78, 5) is 0.0463. The molecule has 3 nitrogen and oxygen atoms in total. The van der Waals surface area contributed by atoms with Crippen LogP contribution >= 0.6 is 0 Å². The normalized spacial score (nSPS) is 12.7. The first-order chi connectivity index (χ1) is 12.4. The van der Waals surface area contributed by atoms with Crippen LogP contribution in [0, 0.1) is 19.7 Å². The molecule has 0 heterocycles. The molecular formula is C21H20FNO2S. The average molecular weight is 369 g/mol. The summed E-state index contributed by atoms with van der Waals surface area (Å²) in [7, 11) is -3.82. The first-order valence-corrected chi connectivity index (χ1v) is 9.75. The zero-order valence-corrected chi connectivity index (χ0v) is 15.4. The Labute approximate surface area is 153 Å². The number of hydrogen-bond acceptors (Lipinski definition) is 2. The highest BCUT2D eigenvalue weighted by atomic mass is 32.2. The van der Waals surface area contributed by atoms with Crippen molar-refractivity contribution in [3.8, 4) is 0 Å². The third-order valence-electron chi connectivity index (χ3n) is 4.22. The summed E-state index contributed by atoms with van der Waals surface area (Å²) in [6, 6.07) is 20.4. The summed E-state index contributed by atoms with van der Waals surface area (Å²) in [6.45, 7) is 3.51. The molecule has 0 aliphatic heterocycles. The van der Waals surface area contributed by atoms with Crippen LogP contribution in [0.1, 0.15) is 28.3 Å². The van der Waals surface area contributed by atoms with E-state index in [0.29, 0.717) is 5.56 Å². The molecule has 0 aliphatic carbocycles. The Hall–Kier alpha value is -2.50. The second kappa shape index (κ2) is 7.40. The summed E-state index contributed by atoms with van der Waals surface area (Å²) >= 11 is 0. The molecule has 3 rings (SSSR count). The third-order valence-corrected chi connectivity index (χ3v) is 5.64. The van der Waals surface area contributed by atoms with Gasteiger partial charge in [-0.3, -0.25) is 0 Å². The Morgan fingerprint density at radius 1 is 0.846 bits per heavy atom. The quantitative estimate of drug-likeness (QED) is 0.719. The summed E-state index contributed by atoms with van der Waals surface area (Å²) in [5.74, 6) is -0.428. The zero-order valence-electron chi connectivity index (χ0n) is 14.6. The minimum absolute atomic E-state index is 0.0463. The number of halogens is 1. The van der Waals surface area contributed by atoms with E-state index in [9.17, 15) is 12.8 Å². The predicted molar refractivity (Wildman–Crippen MR) is 101 cm³/mol. The van der Waals surface area contributed by atoms with E-state index < -0.39 is 21.9 Å². The van der Waals surface area contributed by atoms with Crippen LogP contribution in [0.3, 0.4) is 0 Å². The minimum atomic E-state index is -3.82. The molecule has 0 unspecified atom stereocenters. The van der Waals surface area contributed by atoms with Crippen molar-refractivity contribution in [1.29, 1.82) is 0 Å². The second-order valence-electron chi connectivity index (χ2n) is 6.29. The Morgan fingerprint density at radius 3 is 2.19 bits per heavy atom. The summed E-state index contributed by atoms with van der Waals surface area (Å²) in [6.07, 6.45) is 0. The maximum atomic E-state index is 13.5. The van der Waals surface area contributed by atoms with Crippen molar-refractivity contribution in [2.24, 2.45) is 0 Å². The molecule has 0 fully saturated rings. The maximum Gasteiger partial charge on any atom is 0.241 e. The topological polar surface area (TPSA) is 46.2 Å². The molecule has 3 aromatic rings. The number of aryl methyl sites for hydroxylation is 2. The van der Waals surface area contributed by atoms with Gasteiger partial charge < -0.3 is 0 Å². The molecule has 5 heteroatoms. The lowest BCUT2D eigenvalue weighted by Gasteiger charge is -2.20. The van der Waals surface area contributed by atoms with E-state index in [1.54, 1.807) is 6.92 Å². The lowest BCUT2D eigenvalue weighted by molar-refractivity contribution is 0.571. The highest BCUT2D eigenvalue weighted by Gasteiger charge is 2.23. The van der Waals surface area contributed by atoms with Gasteiger partial charge >= 0.3 is 0 Å². The Morgan fingerprint density at radius 2 is 1.54 bits per heavy atom. The van der Waals surface area contributed by atoms with Crippen molar-refractivity contribution in [2.75, 3.05) is 0 Å². The molecule has 0 saturated heterocycles. The number of hydrogen-bond donors (Lipinski definition) is 1. The van der Waals surface area contributed by atoms with E-state index >= 15 is 0 Å². The predicted octanol–water partition coefficient (Wildman–Crippen LogP) is 4.51. The second-order valence-corrected chi connectivity index (χ2v) is 8.00. The molecule has 0 radical (unpaired) electrons. The monoisotopic (exact) mass is 369 g/mol. The van der Waals surface area contributed by atoms with E-state index in [0.717, 1.165) is 16.7 Å². The van der Waals surface area contributed by atoms with Gasteiger partial charge in [0, 0.05) is 0 Å². The van der Waals surface area contributed by atoms with Crippen LogP contribution < -0.4 is 4.72 Å². The third kappa shape index (κ3) is 4.00. The highest BCUT2D eigenvalue weighted by molar-refractivity contribution is 7.89. The fourth-order valence-corrected chi connectivity index (χ4v) is 4.13. The zero-order chi connectivity index (χ0) is 18.7. The Kier molecular flexibility index (Phi) is 5.20. The van der Waals surface area contributed by atoms with Crippen molar-refractivity contribution in [3.63, 3.8) is 0 Å². The van der Waals surface area contributed by atoms with Crippen LogP contribution in [-0.4, -0.2) is 8.42 Å². The standard InChI is InChI=1S/C21H20FNO2S/c1-15-7-6-10-18(13-15)21(17-8-4-3-5-9-17)23-26(24,25)19-11-12-20(22)16(2)14-19/h3-14,21,23H,1-2H3/t21-/m0/s1. The van der Waals surface area contributed by atoms with Crippen LogP contribution in [-0.2, 0) is 10.0 Å². The molecule has 0 saturated carbocycles. The fraction of sp³-hybridized carbons (Fsp3) is 0.143. The van der Waals surface area contributed by atoms with Crippen LogP contribution in [0.4, 0.5) is 4.39 Å². The minimum Gasteiger partial charge on any atom is -0.207 e. The molecule has 1 N–H and O–H groups in total. The van der Waals surface area contributed by atoms with Gasteiger partial charge in [0.15, 0.2) is 0 Å². The largest absolute Gasteiger partial charge is 0.241 e. The molecule has 0 aromatic heterocycles. The van der Waals surface area contributed by atoms with E-state index in [-0.39, 0.29) is 4.90 Å². The molecular weight excluding hydrogens is 349 g/mol. The first-order valence-electron chi connectivity index (χ1n) is 8.27. The molecule has 0 aliphatic rings. The SMILES string of the molecule is Cc1cccc([C@@H](NS(=O)(=O)c2ccc(F)c(C)c2)c2ccccc2)c1. The van der Waals surface area contributed by atoms with E-state index in [2.05, 4.69) is 4.72 Å². The Bertz CT molecular complexity index is 1020. The maximum absolute atomic E-state index is 13.5. The summed E-state index contributed by atoms with van der Waals surface area (Å²) < 4.78 is 42.1. The van der Waals surface area contributed by atoms with Gasteiger partial charge in [-0.05, 0) is 48.7 Å². The lowest BCUT2D eigenvalue weighted by atomic mass is 9.98. The molecule has 0 bridgehead atoms. The smallest absolute Gasteiger partial charge is 0.207 e. The van der Waals surface area contributed by atoms with Crippen molar-refractivity contribution in [1.82, 2.24) is 4.72 Å². The molecule has 134 valence electrons. The number of benzene rings is 3. The summed E-state index contributed by atoms with van der Waals surface area (Å²) in [5, 5.41) is 0. The average Bonchev–Trinajstić information content (AvgIpc) is 2.62. The van der Waals surface area contributed by atoms with Gasteiger partial charge in [0.25, 0.3) is 0 Å². The highest BCUT2D eigenvalue weighted by Crippen LogP contribution is 2.25. The van der Waals surface area contributed by atoms with Gasteiger partial charge in [0.1, 0.15) is 5.82 Å². The van der Waals surface area contributed by atoms with Gasteiger partial charge in [0.05, 0.1) is 10.9 Å². The van der Waals surface area contributed by atoms with Gasteiger partial charge in [-0.1, -0.05) is 60.2 Å². The van der Waals surface area contributed by atoms with Crippen molar-refractivity contribution >= 4 is 10.0 Å². The Balaban J connectivity index is 2.04. The molecule has 0 amide bonds. The van der Waals surface area contributed by atoms with Crippen LogP contribution in [0.15, 0.2) is 77.7 Å². The van der Waals surface area contributed by atoms with Crippen molar-refractivity contribution < 1.29 is 12.8 Å². The number of sulfonamides is 1. The van der Waals surface area contributed by atoms with Crippen LogP contribution in [0.5, 0.6) is 0 Å². The van der Waals surface area contributed by atoms with E-state index in [1.165, 1.54) is 18.2 Å². The molecule has 3 aromatic carbocycles. The van der Waals surface area contributed by atoms with Crippen molar-refractivity contribution in [2.45, 2.75) is 24.8 Å². The van der Waals surface area contributed by atoms with Crippen molar-refractivity contribution in [3.05, 3.63) is 101 Å². The van der Waals surface area contributed by atoms with E-state index in [1.807, 2.05) is 61.5 Å². The first kappa shape index (κ1) is 18.3. The van der Waals surface area contributed by atoms with Crippen LogP contribution in [0.25, 0.3) is 0 Å². The number of rotatable bonds is 5. The van der Waals surface area contributed by atoms with Gasteiger partial charge in [0.2, 0.25) is 10.0 Å². The summed E-state index contributed by atoms with van der Waals surface area (Å²) in [5.41, 5.74) is 3.01.